The average Bonchev–Trinajstić information content (AvgIpc) is 3.56. The Morgan fingerprint density at radius 3 is 2.71 bits per heavy atom. The van der Waals surface area contributed by atoms with Crippen molar-refractivity contribution in [2.45, 2.75) is 24.4 Å². The van der Waals surface area contributed by atoms with E-state index in [1.807, 2.05) is 42.5 Å². The zero-order valence-electron chi connectivity index (χ0n) is 19.1. The molecule has 176 valence electrons. The van der Waals surface area contributed by atoms with Gasteiger partial charge in [-0.1, -0.05) is 36.9 Å². The zero-order chi connectivity index (χ0) is 23.5. The van der Waals surface area contributed by atoms with Crippen molar-refractivity contribution >= 4 is 5.82 Å². The third-order valence-corrected chi connectivity index (χ3v) is 6.42. The number of methoxy groups -OCH3 is 1. The second kappa shape index (κ2) is 9.37. The normalized spacial score (nSPS) is 16.1. The monoisotopic (exact) mass is 460 g/mol. The van der Waals surface area contributed by atoms with Crippen LogP contribution in [0.3, 0.4) is 0 Å². The van der Waals surface area contributed by atoms with Crippen molar-refractivity contribution in [2.75, 3.05) is 32.4 Å². The Bertz CT molecular complexity index is 1170. The second-order valence-electron chi connectivity index (χ2n) is 8.45. The molecule has 0 spiro atoms. The first kappa shape index (κ1) is 22.3. The molecule has 1 atom stereocenters. The van der Waals surface area contributed by atoms with Crippen molar-refractivity contribution in [1.29, 1.82) is 0 Å². The maximum atomic E-state index is 9.30. The van der Waals surface area contributed by atoms with E-state index in [1.165, 1.54) is 5.56 Å². The van der Waals surface area contributed by atoms with Crippen LogP contribution in [0.5, 0.6) is 17.2 Å². The summed E-state index contributed by atoms with van der Waals surface area (Å²) in [6.07, 6.45) is 3.41. The number of nitrogens with zero attached hydrogens (tertiary/aromatic N) is 1. The van der Waals surface area contributed by atoms with Crippen molar-refractivity contribution < 1.29 is 24.1 Å². The van der Waals surface area contributed by atoms with Gasteiger partial charge in [0, 0.05) is 28.4 Å². The highest BCUT2D eigenvalue weighted by atomic mass is 16.7. The number of hydrogen-bond donors (Lipinski definition) is 2. The van der Waals surface area contributed by atoms with Gasteiger partial charge in [-0.25, -0.2) is 4.98 Å². The topological polar surface area (TPSA) is 82.1 Å². The average molecular weight is 461 g/mol. The highest BCUT2D eigenvalue weighted by molar-refractivity contribution is 5.55. The number of rotatable bonds is 10. The van der Waals surface area contributed by atoms with Crippen LogP contribution in [0, 0.1) is 0 Å². The van der Waals surface area contributed by atoms with Crippen molar-refractivity contribution in [3.8, 4) is 17.2 Å². The molecule has 34 heavy (non-hydrogen) atoms. The fourth-order valence-corrected chi connectivity index (χ4v) is 4.41. The molecule has 7 nitrogen and oxygen atoms in total. The van der Waals surface area contributed by atoms with Crippen molar-refractivity contribution in [3.05, 3.63) is 89.8 Å². The van der Waals surface area contributed by atoms with Crippen LogP contribution in [0.15, 0.2) is 73.1 Å². The number of hydrogen-bond acceptors (Lipinski definition) is 7. The fourth-order valence-electron chi connectivity index (χ4n) is 4.41. The zero-order valence-corrected chi connectivity index (χ0v) is 19.1. The number of allylic oxidation sites excluding steroid dienone is 1. The first-order chi connectivity index (χ1) is 16.6. The van der Waals surface area contributed by atoms with Gasteiger partial charge in [0.1, 0.15) is 17.7 Å². The number of anilines is 1. The van der Waals surface area contributed by atoms with E-state index in [1.54, 1.807) is 13.3 Å². The minimum Gasteiger partial charge on any atom is -0.496 e. The number of aliphatic hydroxyl groups excluding tert-OH is 1. The standard InChI is InChI=1S/C27H28N2O5/c1-18(27(11-12-27)20-8-9-23-24(15-20)34-17-33-23)29-25-10-7-19(16-28-25)26(32-14-13-30)21-5-3-4-6-22(21)31-2/h3-10,15-16,26,30H,1,11-14,17H2,2H3,(H,28,29). The molecular weight excluding hydrogens is 432 g/mol. The van der Waals surface area contributed by atoms with Crippen LogP contribution in [-0.4, -0.2) is 37.2 Å². The summed E-state index contributed by atoms with van der Waals surface area (Å²) in [5.41, 5.74) is 3.69. The molecule has 1 unspecified atom stereocenters. The maximum absolute atomic E-state index is 9.30. The molecule has 1 aliphatic carbocycles. The summed E-state index contributed by atoms with van der Waals surface area (Å²) in [5, 5.41) is 12.7. The predicted octanol–water partition coefficient (Wildman–Crippen LogP) is 4.57. The highest BCUT2D eigenvalue weighted by Gasteiger charge is 2.47. The van der Waals surface area contributed by atoms with E-state index >= 15 is 0 Å². The maximum Gasteiger partial charge on any atom is 0.231 e. The molecule has 7 heteroatoms. The lowest BCUT2D eigenvalue weighted by molar-refractivity contribution is 0.0487. The van der Waals surface area contributed by atoms with Gasteiger partial charge < -0.3 is 29.4 Å². The first-order valence-corrected chi connectivity index (χ1v) is 11.3. The number of aromatic nitrogens is 1. The second-order valence-corrected chi connectivity index (χ2v) is 8.45. The van der Waals surface area contributed by atoms with Gasteiger partial charge in [-0.3, -0.25) is 0 Å². The van der Waals surface area contributed by atoms with Gasteiger partial charge in [0.2, 0.25) is 6.79 Å². The van der Waals surface area contributed by atoms with E-state index in [2.05, 4.69) is 29.0 Å². The third kappa shape index (κ3) is 4.20. The SMILES string of the molecule is C=C(Nc1ccc(C(OCCO)c2ccccc2OC)cn1)C1(c2ccc3c(c2)OCO3)CC1. The molecular formula is C27H28N2O5. The van der Waals surface area contributed by atoms with Crippen LogP contribution in [0.1, 0.15) is 35.6 Å². The summed E-state index contributed by atoms with van der Waals surface area (Å²) in [5.74, 6) is 3.00. The summed E-state index contributed by atoms with van der Waals surface area (Å²) in [6.45, 7) is 4.73. The minimum absolute atomic E-state index is 0.0690. The number of para-hydroxylation sites is 1. The number of benzene rings is 2. The van der Waals surface area contributed by atoms with Crippen LogP contribution >= 0.6 is 0 Å². The van der Waals surface area contributed by atoms with E-state index in [0.29, 0.717) is 5.82 Å². The van der Waals surface area contributed by atoms with Gasteiger partial charge in [-0.05, 0) is 42.7 Å². The van der Waals surface area contributed by atoms with E-state index in [-0.39, 0.29) is 25.4 Å². The Morgan fingerprint density at radius 1 is 1.15 bits per heavy atom. The summed E-state index contributed by atoms with van der Waals surface area (Å²) >= 11 is 0. The Balaban J connectivity index is 1.33. The molecule has 1 saturated carbocycles. The Morgan fingerprint density at radius 2 is 1.97 bits per heavy atom. The lowest BCUT2D eigenvalue weighted by Crippen LogP contribution is -2.17. The summed E-state index contributed by atoms with van der Waals surface area (Å²) in [6, 6.07) is 17.7. The minimum atomic E-state index is -0.406. The van der Waals surface area contributed by atoms with Gasteiger partial charge in [-0.2, -0.15) is 0 Å². The largest absolute Gasteiger partial charge is 0.496 e. The Labute approximate surface area is 199 Å². The molecule has 0 saturated heterocycles. The number of pyridine rings is 1. The lowest BCUT2D eigenvalue weighted by Gasteiger charge is -2.22. The Kier molecular flexibility index (Phi) is 6.13. The number of nitrogens with one attached hydrogen (secondary N) is 1. The van der Waals surface area contributed by atoms with Crippen LogP contribution in [0.25, 0.3) is 0 Å². The molecule has 2 N–H and O–H groups in total. The Hall–Kier alpha value is -3.55. The van der Waals surface area contributed by atoms with E-state index in [9.17, 15) is 5.11 Å². The molecule has 0 amide bonds. The number of fused-ring (bicyclic) bond motifs is 1. The van der Waals surface area contributed by atoms with Gasteiger partial charge >= 0.3 is 0 Å². The molecule has 1 fully saturated rings. The van der Waals surface area contributed by atoms with Crippen LogP contribution in [-0.2, 0) is 10.2 Å². The fraction of sp³-hybridized carbons (Fsp3) is 0.296. The van der Waals surface area contributed by atoms with Crippen molar-refractivity contribution in [2.24, 2.45) is 0 Å². The van der Waals surface area contributed by atoms with Gasteiger partial charge in [0.15, 0.2) is 11.5 Å². The molecule has 2 aromatic carbocycles. The van der Waals surface area contributed by atoms with Gasteiger partial charge in [0.25, 0.3) is 0 Å². The van der Waals surface area contributed by atoms with Crippen molar-refractivity contribution in [1.82, 2.24) is 4.98 Å². The molecule has 1 aliphatic heterocycles. The summed E-state index contributed by atoms with van der Waals surface area (Å²) < 4.78 is 22.5. The first-order valence-electron chi connectivity index (χ1n) is 11.3. The van der Waals surface area contributed by atoms with Crippen molar-refractivity contribution in [3.63, 3.8) is 0 Å². The smallest absolute Gasteiger partial charge is 0.231 e. The molecule has 0 bridgehead atoms. The van der Waals surface area contributed by atoms with E-state index < -0.39 is 6.10 Å². The summed E-state index contributed by atoms with van der Waals surface area (Å²) in [7, 11) is 1.63. The predicted molar refractivity (Wildman–Crippen MR) is 128 cm³/mol. The summed E-state index contributed by atoms with van der Waals surface area (Å²) in [4.78, 5) is 4.62. The highest BCUT2D eigenvalue weighted by Crippen LogP contribution is 2.54. The molecule has 2 heterocycles. The van der Waals surface area contributed by atoms with Crippen LogP contribution < -0.4 is 19.5 Å². The number of aliphatic hydroxyl groups is 1. The molecule has 2 aliphatic rings. The number of ether oxygens (including phenoxy) is 4. The molecule has 0 radical (unpaired) electrons. The van der Waals surface area contributed by atoms with E-state index in [4.69, 9.17) is 18.9 Å². The van der Waals surface area contributed by atoms with Gasteiger partial charge in [0.05, 0.1) is 20.3 Å². The van der Waals surface area contributed by atoms with Crippen LogP contribution in [0.4, 0.5) is 5.82 Å². The lowest BCUT2D eigenvalue weighted by atomic mass is 9.92. The molecule has 5 rings (SSSR count). The van der Waals surface area contributed by atoms with E-state index in [0.717, 1.165) is 46.9 Å². The quantitative estimate of drug-likeness (QED) is 0.458. The van der Waals surface area contributed by atoms with Crippen LogP contribution in [0.2, 0.25) is 0 Å². The molecule has 3 aromatic rings. The molecule has 1 aromatic heterocycles. The van der Waals surface area contributed by atoms with Gasteiger partial charge in [-0.15, -0.1) is 0 Å². The third-order valence-electron chi connectivity index (χ3n) is 6.42.